The van der Waals surface area contributed by atoms with Crippen LogP contribution >= 0.6 is 7.14 Å². The summed E-state index contributed by atoms with van der Waals surface area (Å²) >= 11 is 0. The minimum absolute atomic E-state index is 0.688. The lowest BCUT2D eigenvalue weighted by Crippen LogP contribution is -2.02. The van der Waals surface area contributed by atoms with Crippen LogP contribution in [-0.2, 0) is 4.57 Å². The van der Waals surface area contributed by atoms with E-state index in [-0.39, 0.29) is 0 Å². The summed E-state index contributed by atoms with van der Waals surface area (Å²) in [6, 6.07) is 52.1. The van der Waals surface area contributed by atoms with Gasteiger partial charge in [-0.3, -0.25) is 0 Å². The van der Waals surface area contributed by atoms with E-state index in [1.807, 2.05) is 61.9 Å². The number of fused-ring (bicyclic) bond motifs is 1. The van der Waals surface area contributed by atoms with Crippen LogP contribution in [0.5, 0.6) is 0 Å². The van der Waals surface area contributed by atoms with Gasteiger partial charge in [-0.2, -0.15) is 0 Å². The Kier molecular flexibility index (Phi) is 7.26. The quantitative estimate of drug-likeness (QED) is 0.182. The molecule has 0 spiro atoms. The molecule has 44 heavy (non-hydrogen) atoms. The topological polar surface area (TPSA) is 42.9 Å². The van der Waals surface area contributed by atoms with Gasteiger partial charge in [-0.15, -0.1) is 0 Å². The van der Waals surface area contributed by atoms with Gasteiger partial charge in [-0.25, -0.2) is 9.97 Å². The van der Waals surface area contributed by atoms with Gasteiger partial charge in [0.2, 0.25) is 0 Å². The van der Waals surface area contributed by atoms with Gasteiger partial charge in [-0.05, 0) is 64.6 Å². The van der Waals surface area contributed by atoms with Gasteiger partial charge in [-0.1, -0.05) is 133 Å². The molecule has 0 fully saturated rings. The number of hydrogen-bond acceptors (Lipinski definition) is 3. The zero-order chi connectivity index (χ0) is 30.1. The first-order valence-corrected chi connectivity index (χ1v) is 17.3. The Morgan fingerprint density at radius 2 is 0.886 bits per heavy atom. The Morgan fingerprint density at radius 1 is 0.432 bits per heavy atom. The van der Waals surface area contributed by atoms with Crippen molar-refractivity contribution in [2.45, 2.75) is 0 Å². The van der Waals surface area contributed by atoms with Gasteiger partial charge >= 0.3 is 0 Å². The third-order valence-corrected chi connectivity index (χ3v) is 9.52. The van der Waals surface area contributed by atoms with Crippen molar-refractivity contribution in [1.82, 2.24) is 9.97 Å². The molecule has 0 saturated carbocycles. The number of benzene rings is 6. The molecule has 0 saturated heterocycles. The smallest absolute Gasteiger partial charge is 0.160 e. The van der Waals surface area contributed by atoms with E-state index in [0.717, 1.165) is 66.4 Å². The van der Waals surface area contributed by atoms with E-state index in [1.54, 1.807) is 0 Å². The molecule has 6 aromatic carbocycles. The van der Waals surface area contributed by atoms with Crippen LogP contribution in [0.4, 0.5) is 0 Å². The molecule has 0 atom stereocenters. The minimum atomic E-state index is -2.38. The minimum Gasteiger partial charge on any atom is -0.319 e. The Morgan fingerprint density at radius 3 is 1.43 bits per heavy atom. The number of aromatic nitrogens is 2. The molecular formula is C40H31N2OP. The normalized spacial score (nSPS) is 11.5. The van der Waals surface area contributed by atoms with Crippen LogP contribution in [0.25, 0.3) is 66.9 Å². The molecule has 1 aromatic heterocycles. The Hall–Kier alpha value is -5.11. The van der Waals surface area contributed by atoms with Gasteiger partial charge in [0.05, 0.1) is 11.4 Å². The first-order chi connectivity index (χ1) is 21.4. The van der Waals surface area contributed by atoms with Crippen molar-refractivity contribution < 1.29 is 4.57 Å². The Labute approximate surface area is 258 Å². The lowest BCUT2D eigenvalue weighted by Gasteiger charge is -2.15. The summed E-state index contributed by atoms with van der Waals surface area (Å²) in [6.07, 6.45) is 0. The van der Waals surface area contributed by atoms with E-state index in [4.69, 9.17) is 9.97 Å². The van der Waals surface area contributed by atoms with Gasteiger partial charge in [0.15, 0.2) is 5.82 Å². The van der Waals surface area contributed by atoms with Crippen molar-refractivity contribution in [2.75, 3.05) is 13.3 Å². The predicted molar refractivity (Wildman–Crippen MR) is 186 cm³/mol. The fraction of sp³-hybridized carbons (Fsp3) is 0.0500. The predicted octanol–water partition coefficient (Wildman–Crippen LogP) is 10.2. The van der Waals surface area contributed by atoms with Crippen LogP contribution in [0, 0.1) is 0 Å². The number of nitrogens with zero attached hydrogens (tertiary/aromatic N) is 2. The van der Waals surface area contributed by atoms with Crippen LogP contribution in [0.3, 0.4) is 0 Å². The molecule has 0 N–H and O–H groups in total. The Balaban J connectivity index is 1.36. The average molecular weight is 587 g/mol. The molecule has 212 valence electrons. The maximum Gasteiger partial charge on any atom is 0.160 e. The van der Waals surface area contributed by atoms with E-state index in [2.05, 4.69) is 103 Å². The van der Waals surface area contributed by atoms with Crippen molar-refractivity contribution >= 4 is 23.2 Å². The molecule has 4 heteroatoms. The molecule has 0 bridgehead atoms. The molecule has 7 rings (SSSR count). The third-order valence-electron chi connectivity index (χ3n) is 8.00. The van der Waals surface area contributed by atoms with Crippen LogP contribution in [0.2, 0.25) is 0 Å². The maximum absolute atomic E-state index is 12.8. The largest absolute Gasteiger partial charge is 0.319 e. The summed E-state index contributed by atoms with van der Waals surface area (Å²) in [5.41, 5.74) is 9.28. The highest BCUT2D eigenvalue weighted by molar-refractivity contribution is 7.70. The molecule has 3 nitrogen and oxygen atoms in total. The van der Waals surface area contributed by atoms with Crippen LogP contribution in [0.1, 0.15) is 0 Å². The van der Waals surface area contributed by atoms with Crippen molar-refractivity contribution in [1.29, 1.82) is 0 Å². The first kappa shape index (κ1) is 27.7. The van der Waals surface area contributed by atoms with E-state index in [1.165, 1.54) is 0 Å². The van der Waals surface area contributed by atoms with E-state index in [0.29, 0.717) is 5.82 Å². The maximum atomic E-state index is 12.8. The molecular weight excluding hydrogens is 555 g/mol. The molecule has 1 heterocycles. The van der Waals surface area contributed by atoms with Gasteiger partial charge in [0.25, 0.3) is 0 Å². The Bertz CT molecular complexity index is 2110. The molecule has 0 aliphatic carbocycles. The monoisotopic (exact) mass is 586 g/mol. The molecule has 0 aliphatic heterocycles. The lowest BCUT2D eigenvalue weighted by molar-refractivity contribution is 0.588. The van der Waals surface area contributed by atoms with Crippen LogP contribution < -0.4 is 5.30 Å². The molecule has 0 amide bonds. The summed E-state index contributed by atoms with van der Waals surface area (Å²) < 4.78 is 12.8. The van der Waals surface area contributed by atoms with Crippen molar-refractivity contribution in [3.63, 3.8) is 0 Å². The average Bonchev–Trinajstić information content (AvgIpc) is 3.08. The van der Waals surface area contributed by atoms with E-state index in [9.17, 15) is 4.57 Å². The summed E-state index contributed by atoms with van der Waals surface area (Å²) in [6.45, 7) is 3.64. The second-order valence-electron chi connectivity index (χ2n) is 11.4. The van der Waals surface area contributed by atoms with Gasteiger partial charge in [0.1, 0.15) is 7.14 Å². The highest BCUT2D eigenvalue weighted by Gasteiger charge is 2.15. The van der Waals surface area contributed by atoms with E-state index >= 15 is 0 Å². The summed E-state index contributed by atoms with van der Waals surface area (Å²) in [7, 11) is -2.38. The van der Waals surface area contributed by atoms with Crippen molar-refractivity contribution in [3.8, 4) is 56.2 Å². The molecule has 0 radical (unpaired) electrons. The lowest BCUT2D eigenvalue weighted by atomic mass is 9.91. The first-order valence-electron chi connectivity index (χ1n) is 14.7. The van der Waals surface area contributed by atoms with Gasteiger partial charge < -0.3 is 4.57 Å². The highest BCUT2D eigenvalue weighted by Crippen LogP contribution is 2.39. The fourth-order valence-corrected chi connectivity index (χ4v) is 6.62. The zero-order valence-corrected chi connectivity index (χ0v) is 25.6. The zero-order valence-electron chi connectivity index (χ0n) is 24.7. The SMILES string of the molecule is CP(C)(=O)c1cccc(-c2ccc(-c3cccc(-c4nc(-c5ccccc5)cc(-c5ccccc5)n4)c3)c3ccccc23)c1. The van der Waals surface area contributed by atoms with E-state index < -0.39 is 7.14 Å². The summed E-state index contributed by atoms with van der Waals surface area (Å²) in [5.74, 6) is 0.688. The second-order valence-corrected chi connectivity index (χ2v) is 14.6. The van der Waals surface area contributed by atoms with Crippen molar-refractivity contribution in [3.05, 3.63) is 152 Å². The van der Waals surface area contributed by atoms with Gasteiger partial charge in [0, 0.05) is 22.0 Å². The van der Waals surface area contributed by atoms with Crippen molar-refractivity contribution in [2.24, 2.45) is 0 Å². The molecule has 0 aliphatic rings. The number of hydrogen-bond donors (Lipinski definition) is 0. The summed E-state index contributed by atoms with van der Waals surface area (Å²) in [4.78, 5) is 10.1. The highest BCUT2D eigenvalue weighted by atomic mass is 31.2. The number of rotatable bonds is 6. The third kappa shape index (κ3) is 5.51. The summed E-state index contributed by atoms with van der Waals surface area (Å²) in [5, 5.41) is 3.21. The molecule has 7 aromatic rings. The molecule has 0 unspecified atom stereocenters. The van der Waals surface area contributed by atoms with Crippen LogP contribution in [-0.4, -0.2) is 23.3 Å². The standard InChI is InChI=1S/C40H31N2OP/c1-44(2,43)33-20-12-18-31(26-33)35-24-23-34(36-21-9-10-22-37(35)36)30-17-11-19-32(25-30)40-41-38(28-13-5-3-6-14-28)27-39(42-40)29-15-7-4-8-16-29/h3-27H,1-2H3. The second kappa shape index (κ2) is 11.5. The van der Waals surface area contributed by atoms with Crippen LogP contribution in [0.15, 0.2) is 152 Å². The fourth-order valence-electron chi connectivity index (χ4n) is 5.73.